The quantitative estimate of drug-likeness (QED) is 0.687. The van der Waals surface area contributed by atoms with Crippen molar-refractivity contribution < 1.29 is 14.3 Å². The van der Waals surface area contributed by atoms with Crippen LogP contribution in [0.4, 0.5) is 0 Å². The van der Waals surface area contributed by atoms with Crippen LogP contribution in [0, 0.1) is 11.8 Å². The van der Waals surface area contributed by atoms with Crippen molar-refractivity contribution in [2.45, 2.75) is 32.3 Å². The van der Waals surface area contributed by atoms with Crippen LogP contribution in [-0.2, 0) is 14.3 Å². The number of carbonyl (C=O) groups excluding carboxylic acids is 1. The van der Waals surface area contributed by atoms with Gasteiger partial charge in [0.1, 0.15) is 5.78 Å². The van der Waals surface area contributed by atoms with E-state index in [1.165, 1.54) is 0 Å². The zero-order valence-corrected chi connectivity index (χ0v) is 8.70. The number of hydrogen-bond acceptors (Lipinski definition) is 3. The normalized spacial score (nSPS) is 37.6. The van der Waals surface area contributed by atoms with Gasteiger partial charge in [-0.25, -0.2) is 0 Å². The molecule has 14 heavy (non-hydrogen) atoms. The van der Waals surface area contributed by atoms with Gasteiger partial charge in [-0.15, -0.1) is 0 Å². The molecule has 3 nitrogen and oxygen atoms in total. The molecule has 0 bridgehead atoms. The first kappa shape index (κ1) is 10.1. The van der Waals surface area contributed by atoms with E-state index in [0.717, 1.165) is 26.1 Å². The van der Waals surface area contributed by atoms with Gasteiger partial charge in [-0.1, -0.05) is 0 Å². The summed E-state index contributed by atoms with van der Waals surface area (Å²) >= 11 is 0. The van der Waals surface area contributed by atoms with E-state index in [1.54, 1.807) is 0 Å². The fourth-order valence-corrected chi connectivity index (χ4v) is 2.24. The van der Waals surface area contributed by atoms with E-state index in [-0.39, 0.29) is 12.0 Å². The van der Waals surface area contributed by atoms with E-state index >= 15 is 0 Å². The van der Waals surface area contributed by atoms with Gasteiger partial charge < -0.3 is 9.47 Å². The van der Waals surface area contributed by atoms with E-state index in [0.29, 0.717) is 24.7 Å². The largest absolute Gasteiger partial charge is 0.381 e. The Hall–Kier alpha value is -0.410. The first-order valence-electron chi connectivity index (χ1n) is 5.47. The highest BCUT2D eigenvalue weighted by molar-refractivity contribution is 5.81. The molecule has 0 amide bonds. The molecule has 0 aromatic rings. The molecule has 2 heterocycles. The minimum Gasteiger partial charge on any atom is -0.381 e. The van der Waals surface area contributed by atoms with Gasteiger partial charge >= 0.3 is 0 Å². The van der Waals surface area contributed by atoms with Crippen LogP contribution in [0.25, 0.3) is 0 Å². The second-order valence-corrected chi connectivity index (χ2v) is 4.48. The van der Waals surface area contributed by atoms with Crippen molar-refractivity contribution in [3.63, 3.8) is 0 Å². The highest BCUT2D eigenvalue weighted by atomic mass is 16.5. The lowest BCUT2D eigenvalue weighted by Gasteiger charge is -2.09. The Morgan fingerprint density at radius 2 is 2.29 bits per heavy atom. The molecule has 3 atom stereocenters. The van der Waals surface area contributed by atoms with Crippen LogP contribution in [0.5, 0.6) is 0 Å². The van der Waals surface area contributed by atoms with Crippen molar-refractivity contribution in [3.05, 3.63) is 0 Å². The van der Waals surface area contributed by atoms with E-state index < -0.39 is 0 Å². The zero-order chi connectivity index (χ0) is 9.97. The lowest BCUT2D eigenvalue weighted by molar-refractivity contribution is -0.123. The molecule has 0 aromatic heterocycles. The number of hydrogen-bond donors (Lipinski definition) is 0. The Balaban J connectivity index is 1.77. The molecule has 0 N–H and O–H groups in total. The lowest BCUT2D eigenvalue weighted by Crippen LogP contribution is -2.18. The minimum absolute atomic E-state index is 0.158. The molecule has 80 valence electrons. The SMILES string of the molecule is CC1CC(C(=O)CC2CCOC2)CO1. The van der Waals surface area contributed by atoms with E-state index in [1.807, 2.05) is 6.92 Å². The predicted octanol–water partition coefficient (Wildman–Crippen LogP) is 1.41. The molecule has 2 aliphatic heterocycles. The van der Waals surface area contributed by atoms with Crippen molar-refractivity contribution in [2.75, 3.05) is 19.8 Å². The van der Waals surface area contributed by atoms with Crippen molar-refractivity contribution >= 4 is 5.78 Å². The van der Waals surface area contributed by atoms with Crippen LogP contribution < -0.4 is 0 Å². The van der Waals surface area contributed by atoms with Gasteiger partial charge in [0.25, 0.3) is 0 Å². The Labute approximate surface area is 84.8 Å². The zero-order valence-electron chi connectivity index (χ0n) is 8.70. The summed E-state index contributed by atoms with van der Waals surface area (Å²) in [7, 11) is 0. The van der Waals surface area contributed by atoms with Crippen molar-refractivity contribution in [1.82, 2.24) is 0 Å². The molecule has 0 spiro atoms. The van der Waals surface area contributed by atoms with Gasteiger partial charge in [-0.2, -0.15) is 0 Å². The van der Waals surface area contributed by atoms with Crippen LogP contribution in [0.2, 0.25) is 0 Å². The number of Topliss-reactive ketones (excluding diaryl/α,β-unsaturated/α-hetero) is 1. The molecule has 2 rings (SSSR count). The van der Waals surface area contributed by atoms with Gasteiger partial charge in [0.05, 0.1) is 12.7 Å². The molecule has 0 saturated carbocycles. The summed E-state index contributed by atoms with van der Waals surface area (Å²) < 4.78 is 10.7. The van der Waals surface area contributed by atoms with Crippen LogP contribution in [0.1, 0.15) is 26.2 Å². The van der Waals surface area contributed by atoms with Gasteiger partial charge in [0.2, 0.25) is 0 Å². The second-order valence-electron chi connectivity index (χ2n) is 4.48. The maximum Gasteiger partial charge on any atom is 0.138 e. The average molecular weight is 198 g/mol. The summed E-state index contributed by atoms with van der Waals surface area (Å²) in [4.78, 5) is 11.8. The predicted molar refractivity (Wildman–Crippen MR) is 52.1 cm³/mol. The molecule has 0 aliphatic carbocycles. The highest BCUT2D eigenvalue weighted by Gasteiger charge is 2.30. The Kier molecular flexibility index (Phi) is 3.19. The molecule has 3 heteroatoms. The molecule has 2 fully saturated rings. The summed E-state index contributed by atoms with van der Waals surface area (Å²) in [6, 6.07) is 0. The lowest BCUT2D eigenvalue weighted by atomic mass is 9.92. The van der Waals surface area contributed by atoms with Crippen molar-refractivity contribution in [2.24, 2.45) is 11.8 Å². The van der Waals surface area contributed by atoms with Crippen LogP contribution in [0.15, 0.2) is 0 Å². The number of carbonyl (C=O) groups is 1. The Morgan fingerprint density at radius 1 is 1.43 bits per heavy atom. The molecule has 2 aliphatic rings. The monoisotopic (exact) mass is 198 g/mol. The summed E-state index contributed by atoms with van der Waals surface area (Å²) in [6.45, 7) is 4.27. The van der Waals surface area contributed by atoms with Crippen LogP contribution >= 0.6 is 0 Å². The maximum atomic E-state index is 11.8. The second kappa shape index (κ2) is 4.41. The molecular weight excluding hydrogens is 180 g/mol. The van der Waals surface area contributed by atoms with Crippen molar-refractivity contribution in [1.29, 1.82) is 0 Å². The van der Waals surface area contributed by atoms with Crippen LogP contribution in [0.3, 0.4) is 0 Å². The molecule has 2 saturated heterocycles. The van der Waals surface area contributed by atoms with E-state index in [9.17, 15) is 4.79 Å². The molecule has 3 unspecified atom stereocenters. The Bertz CT molecular complexity index is 209. The number of rotatable bonds is 3. The average Bonchev–Trinajstić information content (AvgIpc) is 2.75. The third-order valence-corrected chi connectivity index (χ3v) is 3.17. The number of ketones is 1. The van der Waals surface area contributed by atoms with Gasteiger partial charge in [-0.05, 0) is 25.7 Å². The van der Waals surface area contributed by atoms with Crippen molar-refractivity contribution in [3.8, 4) is 0 Å². The first-order chi connectivity index (χ1) is 6.75. The fraction of sp³-hybridized carbons (Fsp3) is 0.909. The topological polar surface area (TPSA) is 35.5 Å². The Morgan fingerprint density at radius 3 is 2.86 bits per heavy atom. The van der Waals surface area contributed by atoms with E-state index in [4.69, 9.17) is 9.47 Å². The summed E-state index contributed by atoms with van der Waals surface area (Å²) in [5.74, 6) is 1.01. The standard InChI is InChI=1S/C11H18O3/c1-8-4-10(7-14-8)11(12)5-9-2-3-13-6-9/h8-10H,2-7H2,1H3. The van der Waals surface area contributed by atoms with Gasteiger partial charge in [0.15, 0.2) is 0 Å². The number of ether oxygens (including phenoxy) is 2. The highest BCUT2D eigenvalue weighted by Crippen LogP contribution is 2.25. The molecule has 0 aromatic carbocycles. The molecule has 0 radical (unpaired) electrons. The smallest absolute Gasteiger partial charge is 0.138 e. The summed E-state index contributed by atoms with van der Waals surface area (Å²) in [5, 5.41) is 0. The third kappa shape index (κ3) is 2.34. The van der Waals surface area contributed by atoms with Gasteiger partial charge in [0, 0.05) is 25.6 Å². The summed E-state index contributed by atoms with van der Waals surface area (Å²) in [6.07, 6.45) is 2.92. The summed E-state index contributed by atoms with van der Waals surface area (Å²) in [5.41, 5.74) is 0. The fourth-order valence-electron chi connectivity index (χ4n) is 2.24. The molecular formula is C11H18O3. The third-order valence-electron chi connectivity index (χ3n) is 3.17. The minimum atomic E-state index is 0.158. The van der Waals surface area contributed by atoms with Crippen LogP contribution in [-0.4, -0.2) is 31.7 Å². The van der Waals surface area contributed by atoms with Gasteiger partial charge in [-0.3, -0.25) is 4.79 Å². The van der Waals surface area contributed by atoms with E-state index in [2.05, 4.69) is 0 Å². The maximum absolute atomic E-state index is 11.8. The first-order valence-corrected chi connectivity index (χ1v) is 5.47.